The molecule has 0 aromatic carbocycles. The molecule has 1 N–H and O–H groups in total. The van der Waals surface area contributed by atoms with Gasteiger partial charge in [-0.15, -0.1) is 0 Å². The summed E-state index contributed by atoms with van der Waals surface area (Å²) in [7, 11) is 3.76. The predicted molar refractivity (Wildman–Crippen MR) is 75.7 cm³/mol. The van der Waals surface area contributed by atoms with Crippen molar-refractivity contribution in [3.05, 3.63) is 24.8 Å². The number of hydrogen-bond acceptors (Lipinski definition) is 4. The fraction of sp³-hybridized carbons (Fsp3) is 0.571. The van der Waals surface area contributed by atoms with Crippen LogP contribution in [0.2, 0.25) is 0 Å². The van der Waals surface area contributed by atoms with Gasteiger partial charge in [0.15, 0.2) is 6.23 Å². The third-order valence-electron chi connectivity index (χ3n) is 1.97. The minimum Gasteiger partial charge on any atom is -0.478 e. The highest BCUT2D eigenvalue weighted by Gasteiger charge is 2.29. The summed E-state index contributed by atoms with van der Waals surface area (Å²) in [6.45, 7) is 14.0. The van der Waals surface area contributed by atoms with Crippen LogP contribution >= 0.6 is 0 Å². The van der Waals surface area contributed by atoms with Gasteiger partial charge in [-0.2, -0.15) is 0 Å². The number of ether oxygens (including phenoxy) is 1. The van der Waals surface area contributed by atoms with Crippen LogP contribution in [0.5, 0.6) is 0 Å². The molecule has 0 aromatic heterocycles. The molecule has 0 radical (unpaired) electrons. The number of rotatable bonds is 4. The van der Waals surface area contributed by atoms with Crippen LogP contribution in [-0.4, -0.2) is 42.3 Å². The van der Waals surface area contributed by atoms with Gasteiger partial charge in [-0.3, -0.25) is 4.90 Å². The zero-order valence-electron chi connectivity index (χ0n) is 12.7. The predicted octanol–water partition coefficient (Wildman–Crippen LogP) is 2.30. The number of esters is 1. The van der Waals surface area contributed by atoms with Crippen molar-refractivity contribution in [1.29, 1.82) is 0 Å². The smallest absolute Gasteiger partial charge is 0.331 e. The Hall–Kier alpha value is -1.62. The number of hydrogen-bond donors (Lipinski definition) is 1. The Morgan fingerprint density at radius 1 is 1.32 bits per heavy atom. The number of carboxylic acid groups (broad SMARTS) is 1. The first kappa shape index (κ1) is 19.7. The molecule has 0 saturated heterocycles. The van der Waals surface area contributed by atoms with Gasteiger partial charge in [0, 0.05) is 17.1 Å². The van der Waals surface area contributed by atoms with Gasteiger partial charge in [0.1, 0.15) is 0 Å². The third-order valence-corrected chi connectivity index (χ3v) is 1.97. The Morgan fingerprint density at radius 3 is 1.84 bits per heavy atom. The van der Waals surface area contributed by atoms with Gasteiger partial charge in [-0.05, 0) is 21.0 Å². The number of carboxylic acids is 1. The first-order valence-corrected chi connectivity index (χ1v) is 5.81. The number of aliphatic carboxylic acids is 1. The van der Waals surface area contributed by atoms with E-state index >= 15 is 0 Å². The van der Waals surface area contributed by atoms with Gasteiger partial charge in [0.2, 0.25) is 0 Å². The second-order valence-electron chi connectivity index (χ2n) is 5.41. The SMILES string of the molecule is C=C(C)C(=O)O.C=CC(=O)OC(N(C)C)C(C)(C)C. The summed E-state index contributed by atoms with van der Waals surface area (Å²) in [4.78, 5) is 22.5. The minimum absolute atomic E-state index is 0.0951. The average molecular weight is 271 g/mol. The highest BCUT2D eigenvalue weighted by atomic mass is 16.6. The molecule has 0 saturated carbocycles. The van der Waals surface area contributed by atoms with Crippen LogP contribution in [-0.2, 0) is 14.3 Å². The highest BCUT2D eigenvalue weighted by molar-refractivity contribution is 5.84. The van der Waals surface area contributed by atoms with Gasteiger partial charge in [0.25, 0.3) is 0 Å². The molecule has 0 aliphatic heterocycles. The zero-order chi connectivity index (χ0) is 15.8. The van der Waals surface area contributed by atoms with E-state index in [-0.39, 0.29) is 23.2 Å². The highest BCUT2D eigenvalue weighted by Crippen LogP contribution is 2.23. The zero-order valence-corrected chi connectivity index (χ0v) is 12.7. The Labute approximate surface area is 115 Å². The first-order valence-electron chi connectivity index (χ1n) is 5.81. The lowest BCUT2D eigenvalue weighted by Crippen LogP contribution is -2.42. The number of carbonyl (C=O) groups excluding carboxylic acids is 1. The lowest BCUT2D eigenvalue weighted by molar-refractivity contribution is -0.161. The molecule has 1 unspecified atom stereocenters. The first-order chi connectivity index (χ1) is 8.43. The molecule has 0 rings (SSSR count). The van der Waals surface area contributed by atoms with Gasteiger partial charge in [-0.1, -0.05) is 33.9 Å². The fourth-order valence-electron chi connectivity index (χ4n) is 1.21. The van der Waals surface area contributed by atoms with E-state index < -0.39 is 5.97 Å². The summed E-state index contributed by atoms with van der Waals surface area (Å²) in [5.74, 6) is -1.32. The molecule has 1 atom stereocenters. The summed E-state index contributed by atoms with van der Waals surface area (Å²) >= 11 is 0. The standard InChI is InChI=1S/C10H19NO2.C4H6O2/c1-7-8(12)13-9(11(5)6)10(2,3)4;1-3(2)4(5)6/h7,9H,1H2,2-6H3;1H2,2H3,(H,5,6). The average Bonchev–Trinajstić information content (AvgIpc) is 2.24. The summed E-state index contributed by atoms with van der Waals surface area (Å²) in [6, 6.07) is 0. The van der Waals surface area contributed by atoms with Gasteiger partial charge >= 0.3 is 11.9 Å². The quantitative estimate of drug-likeness (QED) is 0.483. The molecule has 0 bridgehead atoms. The summed E-state index contributed by atoms with van der Waals surface area (Å²) in [5.41, 5.74) is 0.0809. The molecule has 19 heavy (non-hydrogen) atoms. The third kappa shape index (κ3) is 10.0. The van der Waals surface area contributed by atoms with E-state index in [1.807, 2.05) is 39.8 Å². The summed E-state index contributed by atoms with van der Waals surface area (Å²) in [5, 5.41) is 7.89. The molecule has 0 aliphatic carbocycles. The van der Waals surface area contributed by atoms with Crippen LogP contribution in [0.4, 0.5) is 0 Å². The van der Waals surface area contributed by atoms with Crippen molar-refractivity contribution in [3.63, 3.8) is 0 Å². The number of nitrogens with zero attached hydrogens (tertiary/aromatic N) is 1. The van der Waals surface area contributed by atoms with Crippen molar-refractivity contribution >= 4 is 11.9 Å². The van der Waals surface area contributed by atoms with Crippen LogP contribution in [0.3, 0.4) is 0 Å². The van der Waals surface area contributed by atoms with Gasteiger partial charge in [-0.25, -0.2) is 9.59 Å². The van der Waals surface area contributed by atoms with E-state index in [9.17, 15) is 9.59 Å². The molecular weight excluding hydrogens is 246 g/mol. The van der Waals surface area contributed by atoms with Crippen LogP contribution < -0.4 is 0 Å². The molecular formula is C14H25NO4. The largest absolute Gasteiger partial charge is 0.478 e. The Morgan fingerprint density at radius 2 is 1.68 bits per heavy atom. The molecule has 0 fully saturated rings. The summed E-state index contributed by atoms with van der Waals surface area (Å²) < 4.78 is 5.19. The molecule has 0 heterocycles. The Kier molecular flexibility index (Phi) is 8.79. The second kappa shape index (κ2) is 8.48. The van der Waals surface area contributed by atoms with Crippen LogP contribution in [0.1, 0.15) is 27.7 Å². The van der Waals surface area contributed by atoms with Crippen molar-refractivity contribution in [1.82, 2.24) is 4.90 Å². The lowest BCUT2D eigenvalue weighted by atomic mass is 9.93. The second-order valence-corrected chi connectivity index (χ2v) is 5.41. The molecule has 0 aromatic rings. The molecule has 5 nitrogen and oxygen atoms in total. The van der Waals surface area contributed by atoms with E-state index in [0.29, 0.717) is 0 Å². The maximum Gasteiger partial charge on any atom is 0.331 e. The molecule has 0 aliphatic rings. The van der Waals surface area contributed by atoms with E-state index in [2.05, 4.69) is 13.2 Å². The van der Waals surface area contributed by atoms with Crippen molar-refractivity contribution in [3.8, 4) is 0 Å². The maximum atomic E-state index is 11.0. The van der Waals surface area contributed by atoms with Crippen LogP contribution in [0.25, 0.3) is 0 Å². The molecule has 0 spiro atoms. The fourth-order valence-corrected chi connectivity index (χ4v) is 1.21. The summed E-state index contributed by atoms with van der Waals surface area (Å²) in [6.07, 6.45) is 0.959. The van der Waals surface area contributed by atoms with E-state index in [4.69, 9.17) is 9.84 Å². The van der Waals surface area contributed by atoms with Crippen molar-refractivity contribution in [2.45, 2.75) is 33.9 Å². The van der Waals surface area contributed by atoms with Crippen LogP contribution in [0.15, 0.2) is 24.8 Å². The van der Waals surface area contributed by atoms with E-state index in [0.717, 1.165) is 0 Å². The topological polar surface area (TPSA) is 66.8 Å². The monoisotopic (exact) mass is 271 g/mol. The van der Waals surface area contributed by atoms with Crippen molar-refractivity contribution < 1.29 is 19.4 Å². The van der Waals surface area contributed by atoms with Crippen molar-refractivity contribution in [2.75, 3.05) is 14.1 Å². The Bertz CT molecular complexity index is 328. The molecule has 5 heteroatoms. The van der Waals surface area contributed by atoms with Gasteiger partial charge in [0.05, 0.1) is 0 Å². The van der Waals surface area contributed by atoms with Crippen molar-refractivity contribution in [2.24, 2.45) is 5.41 Å². The van der Waals surface area contributed by atoms with E-state index in [1.165, 1.54) is 13.0 Å². The molecule has 0 amide bonds. The normalized spacial score (nSPS) is 11.9. The van der Waals surface area contributed by atoms with Gasteiger partial charge < -0.3 is 9.84 Å². The maximum absolute atomic E-state index is 11.0. The van der Waals surface area contributed by atoms with E-state index in [1.54, 1.807) is 0 Å². The Balaban J connectivity index is 0. The molecule has 110 valence electrons. The minimum atomic E-state index is -0.935. The van der Waals surface area contributed by atoms with Crippen LogP contribution in [0, 0.1) is 5.41 Å². The number of carbonyl (C=O) groups is 2. The lowest BCUT2D eigenvalue weighted by Gasteiger charge is -2.34.